The Morgan fingerprint density at radius 3 is 2.20 bits per heavy atom. The second-order valence-electron chi connectivity index (χ2n) is 2.80. The fraction of sp³-hybridized carbons (Fsp3) is 0.333. The van der Waals surface area contributed by atoms with Crippen molar-refractivity contribution in [2.75, 3.05) is 0 Å². The average molecular weight is 242 g/mol. The molecule has 1 N–H and O–H groups in total. The van der Waals surface area contributed by atoms with Crippen LogP contribution < -0.4 is 5.48 Å². The van der Waals surface area contributed by atoms with Gasteiger partial charge < -0.3 is 0 Å². The SMILES string of the molecule is CC(NOC(F)(F)F)c1ccccc1.Cl. The molecule has 15 heavy (non-hydrogen) atoms. The van der Waals surface area contributed by atoms with Gasteiger partial charge in [-0.1, -0.05) is 30.3 Å². The highest BCUT2D eigenvalue weighted by Crippen LogP contribution is 2.18. The first kappa shape index (κ1) is 14.2. The van der Waals surface area contributed by atoms with E-state index in [1.807, 2.05) is 5.48 Å². The molecule has 0 saturated carbocycles. The van der Waals surface area contributed by atoms with E-state index in [9.17, 15) is 13.2 Å². The topological polar surface area (TPSA) is 21.3 Å². The van der Waals surface area contributed by atoms with E-state index in [1.54, 1.807) is 37.3 Å². The van der Waals surface area contributed by atoms with E-state index in [0.717, 1.165) is 5.56 Å². The Balaban J connectivity index is 0.00000196. The third-order valence-electron chi connectivity index (χ3n) is 1.65. The number of benzene rings is 1. The van der Waals surface area contributed by atoms with Crippen molar-refractivity contribution in [3.05, 3.63) is 35.9 Å². The van der Waals surface area contributed by atoms with Gasteiger partial charge in [-0.2, -0.15) is 5.48 Å². The van der Waals surface area contributed by atoms with E-state index in [0.29, 0.717) is 0 Å². The van der Waals surface area contributed by atoms with Crippen LogP contribution in [-0.2, 0) is 4.84 Å². The maximum atomic E-state index is 11.6. The zero-order valence-corrected chi connectivity index (χ0v) is 8.73. The summed E-state index contributed by atoms with van der Waals surface area (Å²) in [4.78, 5) is 3.50. The Morgan fingerprint density at radius 1 is 1.20 bits per heavy atom. The van der Waals surface area contributed by atoms with E-state index in [2.05, 4.69) is 4.84 Å². The number of halogens is 4. The lowest BCUT2D eigenvalue weighted by molar-refractivity contribution is -0.354. The molecular weight excluding hydrogens is 231 g/mol. The van der Waals surface area contributed by atoms with Crippen molar-refractivity contribution in [3.8, 4) is 0 Å². The van der Waals surface area contributed by atoms with Crippen molar-refractivity contribution in [1.82, 2.24) is 5.48 Å². The van der Waals surface area contributed by atoms with Gasteiger partial charge in [0, 0.05) is 0 Å². The molecule has 1 rings (SSSR count). The predicted molar refractivity (Wildman–Crippen MR) is 52.4 cm³/mol. The zero-order valence-electron chi connectivity index (χ0n) is 7.91. The van der Waals surface area contributed by atoms with Crippen LogP contribution in [-0.4, -0.2) is 6.36 Å². The molecule has 2 nitrogen and oxygen atoms in total. The Hall–Kier alpha value is -0.780. The van der Waals surface area contributed by atoms with Gasteiger partial charge in [-0.25, -0.2) is 4.84 Å². The lowest BCUT2D eigenvalue weighted by Crippen LogP contribution is -2.27. The Morgan fingerprint density at radius 2 is 1.73 bits per heavy atom. The van der Waals surface area contributed by atoms with Gasteiger partial charge in [0.15, 0.2) is 0 Å². The van der Waals surface area contributed by atoms with Crippen LogP contribution in [0, 0.1) is 0 Å². The molecule has 1 unspecified atom stereocenters. The summed E-state index contributed by atoms with van der Waals surface area (Å²) in [7, 11) is 0. The summed E-state index contributed by atoms with van der Waals surface area (Å²) in [6.07, 6.45) is -4.65. The van der Waals surface area contributed by atoms with E-state index in [-0.39, 0.29) is 12.4 Å². The minimum atomic E-state index is -4.65. The van der Waals surface area contributed by atoms with Crippen molar-refractivity contribution in [2.24, 2.45) is 0 Å². The van der Waals surface area contributed by atoms with E-state index < -0.39 is 12.4 Å². The standard InChI is InChI=1S/C9H10F3NO.ClH/c1-7(13-14-9(10,11)12)8-5-3-2-4-6-8;/h2-7,13H,1H3;1H. The lowest BCUT2D eigenvalue weighted by atomic mass is 10.1. The van der Waals surface area contributed by atoms with Gasteiger partial charge >= 0.3 is 6.36 Å². The summed E-state index contributed by atoms with van der Waals surface area (Å²) >= 11 is 0. The van der Waals surface area contributed by atoms with Gasteiger partial charge in [-0.05, 0) is 12.5 Å². The molecule has 0 spiro atoms. The second-order valence-corrected chi connectivity index (χ2v) is 2.80. The first-order chi connectivity index (χ1) is 6.49. The smallest absolute Gasteiger partial charge is 0.202 e. The molecule has 0 fully saturated rings. The Bertz CT molecular complexity index is 278. The highest BCUT2D eigenvalue weighted by Gasteiger charge is 2.30. The molecule has 6 heteroatoms. The van der Waals surface area contributed by atoms with Crippen molar-refractivity contribution in [1.29, 1.82) is 0 Å². The number of hydrogen-bond donors (Lipinski definition) is 1. The van der Waals surface area contributed by atoms with Crippen molar-refractivity contribution >= 4 is 12.4 Å². The summed E-state index contributed by atoms with van der Waals surface area (Å²) in [5, 5.41) is 0. The highest BCUT2D eigenvalue weighted by molar-refractivity contribution is 5.85. The molecule has 0 amide bonds. The zero-order chi connectivity index (χ0) is 10.6. The highest BCUT2D eigenvalue weighted by atomic mass is 35.5. The van der Waals surface area contributed by atoms with Crippen molar-refractivity contribution in [3.63, 3.8) is 0 Å². The van der Waals surface area contributed by atoms with Crippen molar-refractivity contribution < 1.29 is 18.0 Å². The van der Waals surface area contributed by atoms with Crippen LogP contribution in [0.3, 0.4) is 0 Å². The minimum Gasteiger partial charge on any atom is -0.202 e. The van der Waals surface area contributed by atoms with Gasteiger partial charge in [-0.3, -0.25) is 0 Å². The molecule has 0 saturated heterocycles. The van der Waals surface area contributed by atoms with Crippen LogP contribution >= 0.6 is 12.4 Å². The first-order valence-electron chi connectivity index (χ1n) is 4.04. The van der Waals surface area contributed by atoms with Gasteiger partial charge in [0.25, 0.3) is 0 Å². The molecule has 0 aliphatic carbocycles. The molecule has 0 aromatic heterocycles. The number of nitrogens with one attached hydrogen (secondary N) is 1. The van der Waals surface area contributed by atoms with Gasteiger partial charge in [0.1, 0.15) is 0 Å². The third-order valence-corrected chi connectivity index (χ3v) is 1.65. The minimum absolute atomic E-state index is 0. The predicted octanol–water partition coefficient (Wildman–Crippen LogP) is 3.21. The van der Waals surface area contributed by atoms with Crippen LogP contribution in [0.2, 0.25) is 0 Å². The molecule has 1 aromatic rings. The van der Waals surface area contributed by atoms with Gasteiger partial charge in [-0.15, -0.1) is 25.6 Å². The van der Waals surface area contributed by atoms with Crippen LogP contribution in [0.25, 0.3) is 0 Å². The molecule has 1 aromatic carbocycles. The molecular formula is C9H11ClF3NO. The van der Waals surface area contributed by atoms with Crippen LogP contribution in [0.4, 0.5) is 13.2 Å². The summed E-state index contributed by atoms with van der Waals surface area (Å²) < 4.78 is 34.9. The van der Waals surface area contributed by atoms with E-state index in [1.165, 1.54) is 0 Å². The molecule has 0 bridgehead atoms. The van der Waals surface area contributed by atoms with Gasteiger partial charge in [0.05, 0.1) is 6.04 Å². The number of hydrogen-bond acceptors (Lipinski definition) is 2. The molecule has 0 aliphatic rings. The normalized spacial score (nSPS) is 13.1. The molecule has 86 valence electrons. The lowest BCUT2D eigenvalue weighted by Gasteiger charge is -2.14. The fourth-order valence-corrected chi connectivity index (χ4v) is 0.965. The molecule has 1 atom stereocenters. The molecule has 0 aliphatic heterocycles. The van der Waals surface area contributed by atoms with Gasteiger partial charge in [0.2, 0.25) is 0 Å². The first-order valence-corrected chi connectivity index (χ1v) is 4.04. The summed E-state index contributed by atoms with van der Waals surface area (Å²) in [6, 6.07) is 8.23. The number of alkyl halides is 3. The quantitative estimate of drug-likeness (QED) is 0.821. The molecule has 0 heterocycles. The van der Waals surface area contributed by atoms with Crippen LogP contribution in [0.1, 0.15) is 18.5 Å². The maximum Gasteiger partial charge on any atom is 0.538 e. The third kappa shape index (κ3) is 5.61. The average Bonchev–Trinajstić information content (AvgIpc) is 2.14. The Kier molecular flexibility index (Phi) is 5.64. The summed E-state index contributed by atoms with van der Waals surface area (Å²) in [5.41, 5.74) is 2.65. The fourth-order valence-electron chi connectivity index (χ4n) is 0.965. The second kappa shape index (κ2) is 5.95. The largest absolute Gasteiger partial charge is 0.538 e. The summed E-state index contributed by atoms with van der Waals surface area (Å²) in [6.45, 7) is 1.58. The Labute approximate surface area is 91.8 Å². The van der Waals surface area contributed by atoms with Crippen LogP contribution in [0.5, 0.6) is 0 Å². The number of hydroxylamine groups is 1. The van der Waals surface area contributed by atoms with E-state index >= 15 is 0 Å². The number of rotatable bonds is 3. The summed E-state index contributed by atoms with van der Waals surface area (Å²) in [5.74, 6) is 0. The van der Waals surface area contributed by atoms with E-state index in [4.69, 9.17) is 0 Å². The van der Waals surface area contributed by atoms with Crippen LogP contribution in [0.15, 0.2) is 30.3 Å². The van der Waals surface area contributed by atoms with Crippen molar-refractivity contribution in [2.45, 2.75) is 19.3 Å². The maximum absolute atomic E-state index is 11.6. The monoisotopic (exact) mass is 241 g/mol. The molecule has 0 radical (unpaired) electrons.